The molecule has 2 unspecified atom stereocenters. The van der Waals surface area contributed by atoms with Gasteiger partial charge in [0.1, 0.15) is 5.54 Å². The normalized spacial score (nSPS) is 17.7. The number of carbonyl (C=O) groups excluding carboxylic acids is 1. The number of fused-ring (bicyclic) bond motifs is 1. The number of hydrogen-bond acceptors (Lipinski definition) is 3. The predicted molar refractivity (Wildman–Crippen MR) is 133 cm³/mol. The molecule has 1 aliphatic heterocycles. The quantitative estimate of drug-likeness (QED) is 0.338. The maximum Gasteiger partial charge on any atom is 0.337 e. The van der Waals surface area contributed by atoms with Gasteiger partial charge in [0.15, 0.2) is 0 Å². The smallest absolute Gasteiger partial charge is 0.337 e. The number of benzene rings is 3. The second-order valence-electron chi connectivity index (χ2n) is 8.12. The van der Waals surface area contributed by atoms with E-state index in [1.807, 2.05) is 19.1 Å². The van der Waals surface area contributed by atoms with E-state index in [1.54, 1.807) is 54.6 Å². The van der Waals surface area contributed by atoms with Gasteiger partial charge in [0, 0.05) is 27.7 Å². The number of hydrogen-bond donors (Lipinski definition) is 3. The van der Waals surface area contributed by atoms with Crippen LogP contribution in [0.3, 0.4) is 0 Å². The summed E-state index contributed by atoms with van der Waals surface area (Å²) in [6.07, 6.45) is 2.02. The number of anilines is 2. The third-order valence-electron chi connectivity index (χ3n) is 5.94. The number of allylic oxidation sites excluding steroid dienone is 1. The molecule has 0 fully saturated rings. The molecule has 1 heterocycles. The fraction of sp³-hybridized carbons (Fsp3) is 0.154. The second kappa shape index (κ2) is 8.93. The molecule has 0 radical (unpaired) electrons. The highest BCUT2D eigenvalue weighted by molar-refractivity contribution is 6.31. The predicted octanol–water partition coefficient (Wildman–Crippen LogP) is 6.48. The molecule has 0 aromatic heterocycles. The fourth-order valence-electron chi connectivity index (χ4n) is 4.14. The van der Waals surface area contributed by atoms with Crippen LogP contribution in [0.2, 0.25) is 10.0 Å². The molecule has 3 aromatic rings. The highest BCUT2D eigenvalue weighted by Gasteiger charge is 2.47. The molecule has 1 amide bonds. The molecule has 2 atom stereocenters. The molecule has 4 rings (SSSR count). The topological polar surface area (TPSA) is 78.4 Å². The molecule has 0 saturated carbocycles. The van der Waals surface area contributed by atoms with E-state index in [0.717, 1.165) is 11.1 Å². The van der Waals surface area contributed by atoms with Gasteiger partial charge in [-0.2, -0.15) is 0 Å². The summed E-state index contributed by atoms with van der Waals surface area (Å²) in [7, 11) is 0. The molecule has 0 aliphatic carbocycles. The van der Waals surface area contributed by atoms with Gasteiger partial charge >= 0.3 is 5.97 Å². The Hall–Kier alpha value is -3.28. The minimum absolute atomic E-state index is 0.000715. The Kier molecular flexibility index (Phi) is 6.19. The molecule has 5 nitrogen and oxygen atoms in total. The van der Waals surface area contributed by atoms with Crippen molar-refractivity contribution in [3.05, 3.63) is 106 Å². The van der Waals surface area contributed by atoms with Crippen molar-refractivity contribution in [2.75, 3.05) is 10.6 Å². The van der Waals surface area contributed by atoms with Gasteiger partial charge in [-0.3, -0.25) is 4.79 Å². The zero-order valence-corrected chi connectivity index (χ0v) is 19.4. The van der Waals surface area contributed by atoms with Crippen LogP contribution in [-0.4, -0.2) is 17.0 Å². The van der Waals surface area contributed by atoms with E-state index < -0.39 is 11.5 Å². The lowest BCUT2D eigenvalue weighted by molar-refractivity contribution is -0.119. The average Bonchev–Trinajstić information content (AvgIpc) is 3.02. The summed E-state index contributed by atoms with van der Waals surface area (Å²) in [5.74, 6) is -1.40. The lowest BCUT2D eigenvalue weighted by Gasteiger charge is -2.31. The molecule has 3 aromatic carbocycles. The molecule has 3 N–H and O–H groups in total. The first-order chi connectivity index (χ1) is 15.7. The van der Waals surface area contributed by atoms with Crippen molar-refractivity contribution >= 4 is 46.5 Å². The SMILES string of the molecule is C=CC(C)c1ccc(C(=O)O)c(NC2(Cc3cccc(Cl)c3)C(=O)Nc3cc(Cl)ccc32)c1. The molecule has 0 spiro atoms. The summed E-state index contributed by atoms with van der Waals surface area (Å²) in [5.41, 5.74) is 2.09. The number of rotatable bonds is 7. The summed E-state index contributed by atoms with van der Waals surface area (Å²) in [6.45, 7) is 5.80. The maximum atomic E-state index is 13.5. The van der Waals surface area contributed by atoms with Crippen LogP contribution >= 0.6 is 23.2 Å². The number of carboxylic acids is 1. The Morgan fingerprint density at radius 3 is 2.61 bits per heavy atom. The number of nitrogens with one attached hydrogen (secondary N) is 2. The van der Waals surface area contributed by atoms with Crippen molar-refractivity contribution < 1.29 is 14.7 Å². The number of halogens is 2. The standard InChI is InChI=1S/C26H22Cl2N2O3/c1-3-15(2)17-7-9-20(24(31)32)22(12-17)30-26(14-16-5-4-6-18(27)11-16)21-10-8-19(28)13-23(21)29-25(26)33/h3-13,15,30H,1,14H2,2H3,(H,29,33)(H,31,32). The maximum absolute atomic E-state index is 13.5. The van der Waals surface area contributed by atoms with Crippen molar-refractivity contribution in [3.63, 3.8) is 0 Å². The molecule has 33 heavy (non-hydrogen) atoms. The highest BCUT2D eigenvalue weighted by atomic mass is 35.5. The molecular formula is C26H22Cl2N2O3. The molecule has 0 bridgehead atoms. The lowest BCUT2D eigenvalue weighted by atomic mass is 9.84. The first-order valence-electron chi connectivity index (χ1n) is 10.4. The van der Waals surface area contributed by atoms with Gasteiger partial charge in [0.2, 0.25) is 0 Å². The largest absolute Gasteiger partial charge is 0.478 e. The zero-order valence-electron chi connectivity index (χ0n) is 17.9. The van der Waals surface area contributed by atoms with Gasteiger partial charge in [0.25, 0.3) is 5.91 Å². The average molecular weight is 481 g/mol. The van der Waals surface area contributed by atoms with Crippen LogP contribution < -0.4 is 10.6 Å². The number of carbonyl (C=O) groups is 2. The first-order valence-corrected chi connectivity index (χ1v) is 11.1. The first kappa shape index (κ1) is 22.9. The van der Waals surface area contributed by atoms with E-state index in [-0.39, 0.29) is 23.8 Å². The van der Waals surface area contributed by atoms with Crippen molar-refractivity contribution in [1.29, 1.82) is 0 Å². The fourth-order valence-corrected chi connectivity index (χ4v) is 4.53. The monoisotopic (exact) mass is 480 g/mol. The molecule has 168 valence electrons. The van der Waals surface area contributed by atoms with Gasteiger partial charge in [-0.1, -0.05) is 60.5 Å². The van der Waals surface area contributed by atoms with E-state index in [9.17, 15) is 14.7 Å². The van der Waals surface area contributed by atoms with Crippen LogP contribution in [0.1, 0.15) is 39.9 Å². The Bertz CT molecular complexity index is 1270. The number of carboxylic acid groups (broad SMARTS) is 1. The minimum Gasteiger partial charge on any atom is -0.478 e. The van der Waals surface area contributed by atoms with Crippen LogP contribution in [0.5, 0.6) is 0 Å². The van der Waals surface area contributed by atoms with E-state index in [2.05, 4.69) is 17.2 Å². The van der Waals surface area contributed by atoms with Crippen LogP contribution in [0.25, 0.3) is 0 Å². The molecule has 1 aliphatic rings. The summed E-state index contributed by atoms with van der Waals surface area (Å²) in [4.78, 5) is 25.5. The van der Waals surface area contributed by atoms with Crippen LogP contribution in [0.4, 0.5) is 11.4 Å². The summed E-state index contributed by atoms with van der Waals surface area (Å²) < 4.78 is 0. The minimum atomic E-state index is -1.27. The third-order valence-corrected chi connectivity index (χ3v) is 6.41. The Labute approximate surface area is 202 Å². The Morgan fingerprint density at radius 2 is 1.91 bits per heavy atom. The molecule has 7 heteroatoms. The van der Waals surface area contributed by atoms with Crippen LogP contribution in [0, 0.1) is 0 Å². The van der Waals surface area contributed by atoms with Crippen molar-refractivity contribution in [3.8, 4) is 0 Å². The summed E-state index contributed by atoms with van der Waals surface area (Å²) in [6, 6.07) is 17.5. The summed E-state index contributed by atoms with van der Waals surface area (Å²) in [5, 5.41) is 17.1. The lowest BCUT2D eigenvalue weighted by Crippen LogP contribution is -2.44. The van der Waals surface area contributed by atoms with Gasteiger partial charge in [-0.25, -0.2) is 4.79 Å². The zero-order chi connectivity index (χ0) is 23.8. The van der Waals surface area contributed by atoms with Crippen molar-refractivity contribution in [1.82, 2.24) is 0 Å². The van der Waals surface area contributed by atoms with E-state index in [0.29, 0.717) is 27.0 Å². The third kappa shape index (κ3) is 4.34. The van der Waals surface area contributed by atoms with Crippen molar-refractivity contribution in [2.24, 2.45) is 0 Å². The molecular weight excluding hydrogens is 459 g/mol. The number of aromatic carboxylic acids is 1. The van der Waals surface area contributed by atoms with Gasteiger partial charge < -0.3 is 15.7 Å². The van der Waals surface area contributed by atoms with Crippen molar-refractivity contribution in [2.45, 2.75) is 24.8 Å². The Morgan fingerprint density at radius 1 is 1.15 bits per heavy atom. The van der Waals surface area contributed by atoms with Crippen LogP contribution in [0.15, 0.2) is 73.3 Å². The highest BCUT2D eigenvalue weighted by Crippen LogP contribution is 2.43. The number of amides is 1. The summed E-state index contributed by atoms with van der Waals surface area (Å²) >= 11 is 12.4. The molecule has 0 saturated heterocycles. The van der Waals surface area contributed by atoms with Gasteiger partial charge in [0.05, 0.1) is 11.3 Å². The Balaban J connectivity index is 1.90. The van der Waals surface area contributed by atoms with E-state index in [1.165, 1.54) is 0 Å². The van der Waals surface area contributed by atoms with Crippen LogP contribution in [-0.2, 0) is 16.8 Å². The van der Waals surface area contributed by atoms with E-state index in [4.69, 9.17) is 23.2 Å². The van der Waals surface area contributed by atoms with Gasteiger partial charge in [-0.15, -0.1) is 6.58 Å². The van der Waals surface area contributed by atoms with Gasteiger partial charge in [-0.05, 0) is 53.4 Å². The second-order valence-corrected chi connectivity index (χ2v) is 8.99. The van der Waals surface area contributed by atoms with E-state index >= 15 is 0 Å².